The molecule has 3 nitrogen and oxygen atoms in total. The van der Waals surface area contributed by atoms with Crippen LogP contribution < -0.4 is 5.32 Å². The maximum atomic E-state index is 4.39. The van der Waals surface area contributed by atoms with Crippen molar-refractivity contribution in [2.24, 2.45) is 5.41 Å². The van der Waals surface area contributed by atoms with Gasteiger partial charge in [0.1, 0.15) is 12.1 Å². The molecule has 1 heterocycles. The van der Waals surface area contributed by atoms with Crippen LogP contribution >= 0.6 is 0 Å². The molecule has 1 rings (SSSR count). The fourth-order valence-corrected chi connectivity index (χ4v) is 2.28. The van der Waals surface area contributed by atoms with Crippen molar-refractivity contribution in [3.8, 4) is 0 Å². The van der Waals surface area contributed by atoms with Crippen LogP contribution in [0.1, 0.15) is 46.7 Å². The lowest BCUT2D eigenvalue weighted by Gasteiger charge is -2.32. The van der Waals surface area contributed by atoms with E-state index in [1.165, 1.54) is 0 Å². The van der Waals surface area contributed by atoms with Crippen LogP contribution in [-0.2, 0) is 5.41 Å². The van der Waals surface area contributed by atoms with Gasteiger partial charge in [0.15, 0.2) is 0 Å². The number of nitrogens with zero attached hydrogens (tertiary/aromatic N) is 2. The molecule has 0 unspecified atom stereocenters. The Labute approximate surface area is 98.7 Å². The second-order valence-electron chi connectivity index (χ2n) is 6.16. The van der Waals surface area contributed by atoms with E-state index in [0.717, 1.165) is 17.9 Å². The number of rotatable bonds is 3. The Morgan fingerprint density at radius 3 is 2.25 bits per heavy atom. The predicted molar refractivity (Wildman–Crippen MR) is 68.7 cm³/mol. The van der Waals surface area contributed by atoms with Crippen LogP contribution in [0.5, 0.6) is 0 Å². The van der Waals surface area contributed by atoms with E-state index in [0.29, 0.717) is 5.41 Å². The Morgan fingerprint density at radius 2 is 1.75 bits per heavy atom. The van der Waals surface area contributed by atoms with E-state index in [4.69, 9.17) is 0 Å². The molecule has 1 aromatic rings. The van der Waals surface area contributed by atoms with E-state index >= 15 is 0 Å². The van der Waals surface area contributed by atoms with Gasteiger partial charge in [-0.25, -0.2) is 9.97 Å². The molecule has 0 fully saturated rings. The largest absolute Gasteiger partial charge is 0.373 e. The summed E-state index contributed by atoms with van der Waals surface area (Å²) < 4.78 is 0. The minimum Gasteiger partial charge on any atom is -0.373 e. The number of anilines is 1. The maximum absolute atomic E-state index is 4.39. The Balaban J connectivity index is 2.97. The molecule has 0 saturated heterocycles. The third kappa shape index (κ3) is 3.47. The zero-order chi connectivity index (χ0) is 12.4. The predicted octanol–water partition coefficient (Wildman–Crippen LogP) is 3.23. The highest BCUT2D eigenvalue weighted by Gasteiger charge is 2.28. The number of hydrogen-bond acceptors (Lipinski definition) is 3. The van der Waals surface area contributed by atoms with Gasteiger partial charge in [0, 0.05) is 18.5 Å². The molecule has 1 N–H and O–H groups in total. The van der Waals surface area contributed by atoms with Gasteiger partial charge in [-0.1, -0.05) is 34.6 Å². The van der Waals surface area contributed by atoms with E-state index < -0.39 is 0 Å². The first-order valence-electron chi connectivity index (χ1n) is 5.75. The van der Waals surface area contributed by atoms with Gasteiger partial charge in [-0.3, -0.25) is 0 Å². The molecule has 0 bridgehead atoms. The monoisotopic (exact) mass is 221 g/mol. The molecule has 0 atom stereocenters. The summed E-state index contributed by atoms with van der Waals surface area (Å²) in [6.07, 6.45) is 2.73. The van der Waals surface area contributed by atoms with E-state index in [9.17, 15) is 0 Å². The van der Waals surface area contributed by atoms with E-state index in [-0.39, 0.29) is 5.41 Å². The van der Waals surface area contributed by atoms with Crippen LogP contribution in [-0.4, -0.2) is 17.0 Å². The Kier molecular flexibility index (Phi) is 3.56. The molecule has 90 valence electrons. The third-order valence-corrected chi connectivity index (χ3v) is 2.59. The highest BCUT2D eigenvalue weighted by Crippen LogP contribution is 2.35. The summed E-state index contributed by atoms with van der Waals surface area (Å²) in [6, 6.07) is 2.03. The first-order valence-corrected chi connectivity index (χ1v) is 5.75. The molecule has 0 aliphatic heterocycles. The van der Waals surface area contributed by atoms with Crippen molar-refractivity contribution < 1.29 is 0 Å². The average Bonchev–Trinajstić information content (AvgIpc) is 2.14. The van der Waals surface area contributed by atoms with Crippen molar-refractivity contribution in [1.29, 1.82) is 0 Å². The topological polar surface area (TPSA) is 37.8 Å². The summed E-state index contributed by atoms with van der Waals surface area (Å²) in [4.78, 5) is 8.54. The Morgan fingerprint density at radius 1 is 1.12 bits per heavy atom. The zero-order valence-corrected chi connectivity index (χ0v) is 11.3. The number of hydrogen-bond donors (Lipinski definition) is 1. The Bertz CT molecular complexity index is 350. The molecule has 0 aliphatic rings. The van der Waals surface area contributed by atoms with Gasteiger partial charge in [-0.05, 0) is 11.8 Å². The molecule has 0 aliphatic carbocycles. The van der Waals surface area contributed by atoms with Crippen LogP contribution in [0.4, 0.5) is 5.82 Å². The second-order valence-corrected chi connectivity index (χ2v) is 6.16. The molecule has 3 heteroatoms. The first-order chi connectivity index (χ1) is 7.24. The minimum atomic E-state index is 0.0762. The summed E-state index contributed by atoms with van der Waals surface area (Å²) in [5, 5.41) is 3.05. The van der Waals surface area contributed by atoms with Crippen molar-refractivity contribution >= 4 is 5.82 Å². The zero-order valence-electron chi connectivity index (χ0n) is 11.3. The van der Waals surface area contributed by atoms with Crippen molar-refractivity contribution in [3.63, 3.8) is 0 Å². The fraction of sp³-hybridized carbons (Fsp3) is 0.692. The first kappa shape index (κ1) is 12.9. The molecule has 0 amide bonds. The van der Waals surface area contributed by atoms with Crippen molar-refractivity contribution in [2.75, 3.05) is 12.4 Å². The van der Waals surface area contributed by atoms with Crippen LogP contribution in [0.25, 0.3) is 0 Å². The molecule has 0 saturated carbocycles. The molecular weight excluding hydrogens is 198 g/mol. The quantitative estimate of drug-likeness (QED) is 0.851. The van der Waals surface area contributed by atoms with Gasteiger partial charge in [0.2, 0.25) is 0 Å². The Hall–Kier alpha value is -1.12. The standard InChI is InChI=1S/C13H23N3/c1-12(2,3)8-13(4,5)10-7-11(14-6)16-9-15-10/h7,9H,8H2,1-6H3,(H,14,15,16). The summed E-state index contributed by atoms with van der Waals surface area (Å²) in [5.41, 5.74) is 1.47. The lowest BCUT2D eigenvalue weighted by Crippen LogP contribution is -2.26. The van der Waals surface area contributed by atoms with Crippen LogP contribution in [0.2, 0.25) is 0 Å². The summed E-state index contributed by atoms with van der Waals surface area (Å²) in [6.45, 7) is 11.2. The average molecular weight is 221 g/mol. The normalized spacial score (nSPS) is 12.6. The number of aromatic nitrogens is 2. The van der Waals surface area contributed by atoms with Gasteiger partial charge in [-0.2, -0.15) is 0 Å². The van der Waals surface area contributed by atoms with Gasteiger partial charge < -0.3 is 5.32 Å². The van der Waals surface area contributed by atoms with E-state index in [1.54, 1.807) is 6.33 Å². The SMILES string of the molecule is CNc1cc(C(C)(C)CC(C)(C)C)ncn1. The molecule has 1 aromatic heterocycles. The lowest BCUT2D eigenvalue weighted by atomic mass is 9.74. The maximum Gasteiger partial charge on any atom is 0.129 e. The van der Waals surface area contributed by atoms with Crippen LogP contribution in [0, 0.1) is 5.41 Å². The minimum absolute atomic E-state index is 0.0762. The van der Waals surface area contributed by atoms with Crippen molar-refractivity contribution in [3.05, 3.63) is 18.1 Å². The van der Waals surface area contributed by atoms with Crippen LogP contribution in [0.15, 0.2) is 12.4 Å². The molecule has 0 aromatic carbocycles. The van der Waals surface area contributed by atoms with Gasteiger partial charge in [0.25, 0.3) is 0 Å². The van der Waals surface area contributed by atoms with Gasteiger partial charge in [0.05, 0.1) is 5.69 Å². The van der Waals surface area contributed by atoms with Crippen molar-refractivity contribution in [1.82, 2.24) is 9.97 Å². The highest BCUT2D eigenvalue weighted by atomic mass is 15.0. The summed E-state index contributed by atoms with van der Waals surface area (Å²) in [7, 11) is 1.88. The molecule has 16 heavy (non-hydrogen) atoms. The van der Waals surface area contributed by atoms with Gasteiger partial charge >= 0.3 is 0 Å². The highest BCUT2D eigenvalue weighted by molar-refractivity contribution is 5.35. The van der Waals surface area contributed by atoms with Crippen molar-refractivity contribution in [2.45, 2.75) is 46.5 Å². The van der Waals surface area contributed by atoms with Crippen LogP contribution in [0.3, 0.4) is 0 Å². The molecule has 0 radical (unpaired) electrons. The fourth-order valence-electron chi connectivity index (χ4n) is 2.28. The summed E-state index contributed by atoms with van der Waals surface area (Å²) in [5.74, 6) is 0.881. The van der Waals surface area contributed by atoms with Gasteiger partial charge in [-0.15, -0.1) is 0 Å². The third-order valence-electron chi connectivity index (χ3n) is 2.59. The lowest BCUT2D eigenvalue weighted by molar-refractivity contribution is 0.279. The van der Waals surface area contributed by atoms with E-state index in [1.807, 2.05) is 13.1 Å². The second kappa shape index (κ2) is 4.40. The summed E-state index contributed by atoms with van der Waals surface area (Å²) >= 11 is 0. The molecular formula is C13H23N3. The van der Waals surface area contributed by atoms with E-state index in [2.05, 4.69) is 49.9 Å². The number of nitrogens with one attached hydrogen (secondary N) is 1. The molecule has 0 spiro atoms. The smallest absolute Gasteiger partial charge is 0.129 e.